The number of amides is 2. The van der Waals surface area contributed by atoms with E-state index in [1.54, 1.807) is 27.9 Å². The highest BCUT2D eigenvalue weighted by atomic mass is 35.5. The molecular weight excluding hydrogens is 533 g/mol. The topological polar surface area (TPSA) is 70.9 Å². The highest BCUT2D eigenvalue weighted by Crippen LogP contribution is 2.33. The van der Waals surface area contributed by atoms with Crippen molar-refractivity contribution in [3.05, 3.63) is 76.8 Å². The molecule has 0 saturated carbocycles. The number of likely N-dealkylation sites (tertiary alicyclic amines) is 1. The number of piperazine rings is 1. The molecule has 0 N–H and O–H groups in total. The van der Waals surface area contributed by atoms with Crippen molar-refractivity contribution in [3.8, 4) is 5.69 Å². The van der Waals surface area contributed by atoms with Gasteiger partial charge >= 0.3 is 6.09 Å². The van der Waals surface area contributed by atoms with Gasteiger partial charge in [0.15, 0.2) is 0 Å². The highest BCUT2D eigenvalue weighted by Gasteiger charge is 2.34. The van der Waals surface area contributed by atoms with E-state index >= 15 is 0 Å². The standard InChI is InChI=1S/C30H35ClFN5O3/c1-30(2,3)40-29(39)36-14-12-21(13-15-36)27-26(20-33-37(27)25-10-6-23(32)7-11-25)28(38)35-18-16-34(17-19-35)24-8-4-22(31)5-9-24/h4-11,20-21H,12-19H2,1-3H3. The Morgan fingerprint density at radius 2 is 1.48 bits per heavy atom. The van der Waals surface area contributed by atoms with Crippen LogP contribution in [0, 0.1) is 5.82 Å². The van der Waals surface area contributed by atoms with Crippen LogP contribution in [-0.2, 0) is 4.74 Å². The Balaban J connectivity index is 1.35. The molecule has 0 spiro atoms. The van der Waals surface area contributed by atoms with Gasteiger partial charge in [-0.25, -0.2) is 13.9 Å². The van der Waals surface area contributed by atoms with Gasteiger partial charge < -0.3 is 19.4 Å². The first-order valence-corrected chi connectivity index (χ1v) is 14.1. The van der Waals surface area contributed by atoms with Crippen LogP contribution in [0.1, 0.15) is 55.6 Å². The number of carbonyl (C=O) groups excluding carboxylic acids is 2. The fourth-order valence-corrected chi connectivity index (χ4v) is 5.48. The fourth-order valence-electron chi connectivity index (χ4n) is 5.36. The number of hydrogen-bond acceptors (Lipinski definition) is 5. The fraction of sp³-hybridized carbons (Fsp3) is 0.433. The maximum Gasteiger partial charge on any atom is 0.410 e. The molecule has 2 aliphatic heterocycles. The zero-order valence-electron chi connectivity index (χ0n) is 23.1. The molecule has 2 aromatic carbocycles. The Morgan fingerprint density at radius 3 is 2.08 bits per heavy atom. The quantitative estimate of drug-likeness (QED) is 0.402. The van der Waals surface area contributed by atoms with Gasteiger partial charge in [0.1, 0.15) is 11.4 Å². The lowest BCUT2D eigenvalue weighted by molar-refractivity contribution is 0.0203. The van der Waals surface area contributed by atoms with Crippen LogP contribution in [0.3, 0.4) is 0 Å². The molecule has 0 aliphatic carbocycles. The van der Waals surface area contributed by atoms with Crippen LogP contribution in [0.15, 0.2) is 54.7 Å². The van der Waals surface area contributed by atoms with Crippen LogP contribution in [0.4, 0.5) is 14.9 Å². The van der Waals surface area contributed by atoms with E-state index in [1.807, 2.05) is 49.9 Å². The second kappa shape index (κ2) is 11.5. The van der Waals surface area contributed by atoms with Crippen LogP contribution >= 0.6 is 11.6 Å². The number of aromatic nitrogens is 2. The summed E-state index contributed by atoms with van der Waals surface area (Å²) in [6.45, 7) is 9.18. The number of benzene rings is 2. The van der Waals surface area contributed by atoms with Crippen LogP contribution in [0.2, 0.25) is 5.02 Å². The van der Waals surface area contributed by atoms with Crippen molar-refractivity contribution in [1.29, 1.82) is 0 Å². The third kappa shape index (κ3) is 6.25. The summed E-state index contributed by atoms with van der Waals surface area (Å²) in [7, 11) is 0. The molecule has 2 saturated heterocycles. The number of rotatable bonds is 4. The molecule has 40 heavy (non-hydrogen) atoms. The van der Waals surface area contributed by atoms with Crippen molar-refractivity contribution in [3.63, 3.8) is 0 Å². The van der Waals surface area contributed by atoms with E-state index in [9.17, 15) is 14.0 Å². The van der Waals surface area contributed by atoms with Gasteiger partial charge in [0.2, 0.25) is 0 Å². The Hall–Kier alpha value is -3.59. The number of piperidine rings is 1. The van der Waals surface area contributed by atoms with Crippen molar-refractivity contribution in [1.82, 2.24) is 19.6 Å². The van der Waals surface area contributed by atoms with Crippen molar-refractivity contribution >= 4 is 29.3 Å². The number of carbonyl (C=O) groups is 2. The van der Waals surface area contributed by atoms with E-state index in [4.69, 9.17) is 16.3 Å². The average molecular weight is 568 g/mol. The molecular formula is C30H35ClFN5O3. The van der Waals surface area contributed by atoms with Crippen LogP contribution in [0.5, 0.6) is 0 Å². The third-order valence-corrected chi connectivity index (χ3v) is 7.65. The molecule has 8 nitrogen and oxygen atoms in total. The molecule has 2 amide bonds. The lowest BCUT2D eigenvalue weighted by Crippen LogP contribution is -2.49. The Morgan fingerprint density at radius 1 is 0.875 bits per heavy atom. The summed E-state index contributed by atoms with van der Waals surface area (Å²) in [5.74, 6) is -0.396. The lowest BCUT2D eigenvalue weighted by Gasteiger charge is -2.37. The summed E-state index contributed by atoms with van der Waals surface area (Å²) in [5, 5.41) is 5.29. The van der Waals surface area contributed by atoms with Crippen LogP contribution in [-0.4, -0.2) is 76.5 Å². The predicted molar refractivity (Wildman–Crippen MR) is 153 cm³/mol. The molecule has 2 fully saturated rings. The van der Waals surface area contributed by atoms with Crippen molar-refractivity contribution in [2.24, 2.45) is 0 Å². The number of hydrogen-bond donors (Lipinski definition) is 0. The van der Waals surface area contributed by atoms with E-state index in [1.165, 1.54) is 12.1 Å². The summed E-state index contributed by atoms with van der Waals surface area (Å²) in [5.41, 5.74) is 2.57. The van der Waals surface area contributed by atoms with Crippen LogP contribution in [0.25, 0.3) is 5.69 Å². The molecule has 0 bridgehead atoms. The van der Waals surface area contributed by atoms with Crippen LogP contribution < -0.4 is 4.90 Å². The minimum atomic E-state index is -0.563. The van der Waals surface area contributed by atoms with Crippen molar-refractivity contribution in [2.45, 2.75) is 45.1 Å². The number of ether oxygens (including phenoxy) is 1. The zero-order valence-corrected chi connectivity index (χ0v) is 23.9. The second-order valence-electron chi connectivity index (χ2n) is 11.3. The Kier molecular flexibility index (Phi) is 8.03. The average Bonchev–Trinajstić information content (AvgIpc) is 3.38. The van der Waals surface area contributed by atoms with Gasteiger partial charge in [-0.15, -0.1) is 0 Å². The summed E-state index contributed by atoms with van der Waals surface area (Å²) in [4.78, 5) is 32.3. The van der Waals surface area contributed by atoms with Gasteiger partial charge in [0.25, 0.3) is 5.91 Å². The van der Waals surface area contributed by atoms with Crippen molar-refractivity contribution in [2.75, 3.05) is 44.2 Å². The smallest absolute Gasteiger partial charge is 0.410 e. The molecule has 3 heterocycles. The molecule has 10 heteroatoms. The van der Waals surface area contributed by atoms with E-state index in [0.717, 1.165) is 11.4 Å². The first-order chi connectivity index (χ1) is 19.1. The number of nitrogens with zero attached hydrogens (tertiary/aromatic N) is 5. The zero-order chi connectivity index (χ0) is 28.4. The molecule has 0 unspecified atom stereocenters. The maximum atomic E-state index is 13.9. The van der Waals surface area contributed by atoms with Gasteiger partial charge in [0.05, 0.1) is 23.1 Å². The molecule has 0 radical (unpaired) electrons. The Bertz CT molecular complexity index is 1340. The third-order valence-electron chi connectivity index (χ3n) is 7.40. The summed E-state index contributed by atoms with van der Waals surface area (Å²) >= 11 is 6.04. The Labute approximate surface area is 239 Å². The highest BCUT2D eigenvalue weighted by molar-refractivity contribution is 6.30. The van der Waals surface area contributed by atoms with Crippen molar-refractivity contribution < 1.29 is 18.7 Å². The van der Waals surface area contributed by atoms with E-state index < -0.39 is 5.60 Å². The molecule has 5 rings (SSSR count). The minimum absolute atomic E-state index is 0.000506. The molecule has 3 aromatic rings. The van der Waals surface area contributed by atoms with E-state index in [2.05, 4.69) is 10.00 Å². The number of halogens is 2. The predicted octanol–water partition coefficient (Wildman–Crippen LogP) is 5.74. The van der Waals surface area contributed by atoms with Gasteiger partial charge in [-0.2, -0.15) is 5.10 Å². The minimum Gasteiger partial charge on any atom is -0.444 e. The first kappa shape index (κ1) is 28.0. The lowest BCUT2D eigenvalue weighted by atomic mass is 9.90. The van der Waals surface area contributed by atoms with Gasteiger partial charge in [0, 0.05) is 55.9 Å². The normalized spacial score (nSPS) is 16.8. The molecule has 1 aromatic heterocycles. The summed E-state index contributed by atoms with van der Waals surface area (Å²) in [6.07, 6.45) is 2.63. The van der Waals surface area contributed by atoms with E-state index in [0.29, 0.717) is 68.4 Å². The van der Waals surface area contributed by atoms with Gasteiger partial charge in [-0.1, -0.05) is 11.6 Å². The molecule has 0 atom stereocenters. The first-order valence-electron chi connectivity index (χ1n) is 13.7. The molecule has 212 valence electrons. The van der Waals surface area contributed by atoms with E-state index in [-0.39, 0.29) is 23.7 Å². The van der Waals surface area contributed by atoms with Gasteiger partial charge in [-0.3, -0.25) is 4.79 Å². The summed E-state index contributed by atoms with van der Waals surface area (Å²) < 4.78 is 21.0. The SMILES string of the molecule is CC(C)(C)OC(=O)N1CCC(c2c(C(=O)N3CCN(c4ccc(Cl)cc4)CC3)cnn2-c2ccc(F)cc2)CC1. The largest absolute Gasteiger partial charge is 0.444 e. The molecule has 2 aliphatic rings. The van der Waals surface area contributed by atoms with Gasteiger partial charge in [-0.05, 0) is 82.1 Å². The monoisotopic (exact) mass is 567 g/mol. The second-order valence-corrected chi connectivity index (χ2v) is 11.8. The summed E-state index contributed by atoms with van der Waals surface area (Å²) in [6, 6.07) is 13.9. The number of anilines is 1. The maximum absolute atomic E-state index is 13.9.